The van der Waals surface area contributed by atoms with Crippen LogP contribution in [0.15, 0.2) is 47.4 Å². The third-order valence-corrected chi connectivity index (χ3v) is 3.14. The molecular formula is C16H20N2O2. The molecule has 1 atom stereocenters. The van der Waals surface area contributed by atoms with Gasteiger partial charge in [0.25, 0.3) is 5.56 Å². The number of hydrogen-bond donors (Lipinski definition) is 1. The van der Waals surface area contributed by atoms with Crippen molar-refractivity contribution in [2.45, 2.75) is 32.9 Å². The van der Waals surface area contributed by atoms with Crippen LogP contribution in [0.1, 0.15) is 31.1 Å². The zero-order valence-electron chi connectivity index (χ0n) is 11.9. The summed E-state index contributed by atoms with van der Waals surface area (Å²) in [4.78, 5) is 11.6. The maximum Gasteiger partial charge on any atom is 0.266 e. The topological polar surface area (TPSA) is 55.1 Å². The third-order valence-electron chi connectivity index (χ3n) is 3.14. The van der Waals surface area contributed by atoms with Crippen LogP contribution >= 0.6 is 0 Å². The lowest BCUT2D eigenvalue weighted by Crippen LogP contribution is -2.24. The van der Waals surface area contributed by atoms with Gasteiger partial charge in [0.15, 0.2) is 0 Å². The van der Waals surface area contributed by atoms with Crippen LogP contribution in [0.2, 0.25) is 0 Å². The molecular weight excluding hydrogens is 252 g/mol. The van der Waals surface area contributed by atoms with E-state index >= 15 is 0 Å². The molecule has 106 valence electrons. The highest BCUT2D eigenvalue weighted by molar-refractivity contribution is 5.24. The minimum atomic E-state index is -0.726. The van der Waals surface area contributed by atoms with E-state index in [1.165, 1.54) is 16.3 Å². The van der Waals surface area contributed by atoms with Gasteiger partial charge in [0.05, 0.1) is 12.6 Å². The van der Waals surface area contributed by atoms with Crippen molar-refractivity contribution in [3.05, 3.63) is 64.1 Å². The predicted molar refractivity (Wildman–Crippen MR) is 78.4 cm³/mol. The summed E-state index contributed by atoms with van der Waals surface area (Å²) >= 11 is 0. The van der Waals surface area contributed by atoms with Crippen LogP contribution in [0.25, 0.3) is 0 Å². The summed E-state index contributed by atoms with van der Waals surface area (Å²) in [7, 11) is 0. The van der Waals surface area contributed by atoms with E-state index in [0.29, 0.717) is 5.92 Å². The van der Waals surface area contributed by atoms with E-state index in [9.17, 15) is 9.90 Å². The molecule has 1 aromatic heterocycles. The number of rotatable bonds is 5. The van der Waals surface area contributed by atoms with Gasteiger partial charge in [-0.3, -0.25) is 4.79 Å². The van der Waals surface area contributed by atoms with Crippen LogP contribution in [-0.2, 0) is 13.0 Å². The van der Waals surface area contributed by atoms with Crippen molar-refractivity contribution in [3.8, 4) is 0 Å². The van der Waals surface area contributed by atoms with Crippen LogP contribution in [0.5, 0.6) is 0 Å². The SMILES string of the molecule is CC(C)Cc1ccc(C(O)Cn2ncccc2=O)cc1. The molecule has 0 aliphatic carbocycles. The zero-order valence-corrected chi connectivity index (χ0v) is 11.9. The highest BCUT2D eigenvalue weighted by Crippen LogP contribution is 2.16. The Labute approximate surface area is 118 Å². The van der Waals surface area contributed by atoms with Gasteiger partial charge in [-0.15, -0.1) is 0 Å². The lowest BCUT2D eigenvalue weighted by molar-refractivity contribution is 0.149. The van der Waals surface area contributed by atoms with Gasteiger partial charge in [0.1, 0.15) is 0 Å². The summed E-state index contributed by atoms with van der Waals surface area (Å²) in [6.07, 6.45) is 1.84. The molecule has 4 nitrogen and oxygen atoms in total. The number of hydrogen-bond acceptors (Lipinski definition) is 3. The fraction of sp³-hybridized carbons (Fsp3) is 0.375. The van der Waals surface area contributed by atoms with Gasteiger partial charge in [-0.2, -0.15) is 5.10 Å². The molecule has 1 aromatic carbocycles. The molecule has 0 spiro atoms. The minimum absolute atomic E-state index is 0.170. The normalized spacial score (nSPS) is 12.6. The third kappa shape index (κ3) is 3.78. The van der Waals surface area contributed by atoms with Crippen LogP contribution in [0.3, 0.4) is 0 Å². The largest absolute Gasteiger partial charge is 0.386 e. The van der Waals surface area contributed by atoms with Crippen molar-refractivity contribution in [1.82, 2.24) is 9.78 Å². The summed E-state index contributed by atoms with van der Waals surface area (Å²) in [6, 6.07) is 10.9. The molecule has 0 saturated heterocycles. The number of nitrogens with zero attached hydrogens (tertiary/aromatic N) is 2. The summed E-state index contributed by atoms with van der Waals surface area (Å²) in [5, 5.41) is 14.1. The molecule has 1 N–H and O–H groups in total. The molecule has 0 amide bonds. The lowest BCUT2D eigenvalue weighted by atomic mass is 10.0. The number of benzene rings is 1. The molecule has 0 bridgehead atoms. The monoisotopic (exact) mass is 272 g/mol. The second-order valence-corrected chi connectivity index (χ2v) is 5.40. The summed E-state index contributed by atoms with van der Waals surface area (Å²) in [5.41, 5.74) is 1.85. The fourth-order valence-electron chi connectivity index (χ4n) is 2.14. The maximum atomic E-state index is 11.6. The maximum absolute atomic E-state index is 11.6. The first-order valence-electron chi connectivity index (χ1n) is 6.85. The van der Waals surface area contributed by atoms with Crippen LogP contribution < -0.4 is 5.56 Å². The van der Waals surface area contributed by atoms with E-state index in [-0.39, 0.29) is 12.1 Å². The average molecular weight is 272 g/mol. The molecule has 0 radical (unpaired) electrons. The van der Waals surface area contributed by atoms with Crippen molar-refractivity contribution in [2.75, 3.05) is 0 Å². The van der Waals surface area contributed by atoms with Gasteiger partial charge < -0.3 is 5.11 Å². The van der Waals surface area contributed by atoms with E-state index in [2.05, 4.69) is 18.9 Å². The Bertz CT molecular complexity index is 602. The van der Waals surface area contributed by atoms with Crippen molar-refractivity contribution in [1.29, 1.82) is 0 Å². The van der Waals surface area contributed by atoms with Gasteiger partial charge >= 0.3 is 0 Å². The molecule has 0 aliphatic rings. The Morgan fingerprint density at radius 3 is 2.50 bits per heavy atom. The van der Waals surface area contributed by atoms with E-state index in [0.717, 1.165) is 12.0 Å². The fourth-order valence-corrected chi connectivity index (χ4v) is 2.14. The van der Waals surface area contributed by atoms with Gasteiger partial charge in [-0.1, -0.05) is 38.1 Å². The molecule has 0 fully saturated rings. The summed E-state index contributed by atoms with van der Waals surface area (Å²) in [6.45, 7) is 4.52. The highest BCUT2D eigenvalue weighted by Gasteiger charge is 2.10. The highest BCUT2D eigenvalue weighted by atomic mass is 16.3. The molecule has 2 aromatic rings. The Kier molecular flexibility index (Phi) is 4.69. The van der Waals surface area contributed by atoms with Crippen molar-refractivity contribution in [3.63, 3.8) is 0 Å². The Morgan fingerprint density at radius 1 is 1.20 bits per heavy atom. The van der Waals surface area contributed by atoms with Crippen molar-refractivity contribution in [2.24, 2.45) is 5.92 Å². The number of aromatic nitrogens is 2. The number of aliphatic hydroxyl groups excluding tert-OH is 1. The van der Waals surface area contributed by atoms with Gasteiger partial charge in [0.2, 0.25) is 0 Å². The van der Waals surface area contributed by atoms with E-state index in [1.807, 2.05) is 24.3 Å². The molecule has 0 saturated carbocycles. The molecule has 1 unspecified atom stereocenters. The molecule has 4 heteroatoms. The van der Waals surface area contributed by atoms with E-state index in [4.69, 9.17) is 0 Å². The predicted octanol–water partition coefficient (Wildman–Crippen LogP) is 2.18. The first-order chi connectivity index (χ1) is 9.56. The van der Waals surface area contributed by atoms with Crippen molar-refractivity contribution >= 4 is 0 Å². The van der Waals surface area contributed by atoms with E-state index in [1.54, 1.807) is 12.3 Å². The first-order valence-corrected chi connectivity index (χ1v) is 6.85. The smallest absolute Gasteiger partial charge is 0.266 e. The Morgan fingerprint density at radius 2 is 1.90 bits per heavy atom. The minimum Gasteiger partial charge on any atom is -0.386 e. The second kappa shape index (κ2) is 6.48. The molecule has 2 rings (SSSR count). The zero-order chi connectivity index (χ0) is 14.5. The van der Waals surface area contributed by atoms with Crippen molar-refractivity contribution < 1.29 is 5.11 Å². The van der Waals surface area contributed by atoms with Crippen LogP contribution in [0.4, 0.5) is 0 Å². The average Bonchev–Trinajstić information content (AvgIpc) is 2.41. The van der Waals surface area contributed by atoms with E-state index < -0.39 is 6.10 Å². The summed E-state index contributed by atoms with van der Waals surface area (Å²) < 4.78 is 1.27. The quantitative estimate of drug-likeness (QED) is 0.907. The molecule has 0 aliphatic heterocycles. The molecule has 20 heavy (non-hydrogen) atoms. The second-order valence-electron chi connectivity index (χ2n) is 5.40. The van der Waals surface area contributed by atoms with Gasteiger partial charge in [0, 0.05) is 12.3 Å². The Balaban J connectivity index is 2.08. The first kappa shape index (κ1) is 14.5. The van der Waals surface area contributed by atoms with Crippen LogP contribution in [-0.4, -0.2) is 14.9 Å². The van der Waals surface area contributed by atoms with Crippen LogP contribution in [0, 0.1) is 5.92 Å². The number of aliphatic hydroxyl groups is 1. The lowest BCUT2D eigenvalue weighted by Gasteiger charge is -2.13. The van der Waals surface area contributed by atoms with Gasteiger partial charge in [-0.05, 0) is 29.5 Å². The standard InChI is InChI=1S/C16H20N2O2/c1-12(2)10-13-5-7-14(8-6-13)15(19)11-18-16(20)4-3-9-17-18/h3-9,12,15,19H,10-11H2,1-2H3. The Hall–Kier alpha value is -1.94. The van der Waals surface area contributed by atoms with Gasteiger partial charge in [-0.25, -0.2) is 4.68 Å². The molecule has 1 heterocycles. The summed E-state index contributed by atoms with van der Waals surface area (Å²) in [5.74, 6) is 0.609.